The number of benzene rings is 3. The Balaban J connectivity index is 2.09. The Labute approximate surface area is 241 Å². The van der Waals surface area contributed by atoms with Gasteiger partial charge in [0.1, 0.15) is 12.6 Å². The van der Waals surface area contributed by atoms with Crippen molar-refractivity contribution in [1.29, 1.82) is 0 Å². The molecule has 2 amide bonds. The summed E-state index contributed by atoms with van der Waals surface area (Å²) >= 11 is 0. The predicted octanol–water partition coefficient (Wildman–Crippen LogP) is 4.22. The number of sulfonamides is 1. The molecule has 0 aromatic heterocycles. The first-order valence-electron chi connectivity index (χ1n) is 13.1. The highest BCUT2D eigenvalue weighted by atomic mass is 32.2. The quantitative estimate of drug-likeness (QED) is 0.267. The fraction of sp³-hybridized carbons (Fsp3) is 0.333. The summed E-state index contributed by atoms with van der Waals surface area (Å²) < 4.78 is 26.6. The number of hydrogen-bond acceptors (Lipinski definition) is 6. The van der Waals surface area contributed by atoms with Crippen LogP contribution in [0.2, 0.25) is 0 Å². The third kappa shape index (κ3) is 9.14. The second-order valence-electron chi connectivity index (χ2n) is 11.0. The Morgan fingerprint density at radius 2 is 1.59 bits per heavy atom. The molecule has 0 aliphatic carbocycles. The molecular formula is C30H36N4O6S. The van der Waals surface area contributed by atoms with E-state index >= 15 is 0 Å². The van der Waals surface area contributed by atoms with Crippen LogP contribution in [0.15, 0.2) is 78.9 Å². The Hall–Kier alpha value is -4.25. The van der Waals surface area contributed by atoms with E-state index in [1.54, 1.807) is 0 Å². The number of aryl methyl sites for hydroxylation is 1. The molecule has 1 atom stereocenters. The monoisotopic (exact) mass is 580 g/mol. The number of amides is 2. The zero-order valence-electron chi connectivity index (χ0n) is 23.9. The summed E-state index contributed by atoms with van der Waals surface area (Å²) in [4.78, 5) is 39.9. The maximum Gasteiger partial charge on any atom is 0.271 e. The number of nitro benzene ring substituents is 1. The molecule has 41 heavy (non-hydrogen) atoms. The lowest BCUT2D eigenvalue weighted by atomic mass is 10.0. The van der Waals surface area contributed by atoms with Crippen LogP contribution in [0.5, 0.6) is 0 Å². The van der Waals surface area contributed by atoms with Crippen LogP contribution in [-0.4, -0.2) is 54.4 Å². The average molecular weight is 581 g/mol. The molecule has 0 fully saturated rings. The van der Waals surface area contributed by atoms with Crippen molar-refractivity contribution in [2.24, 2.45) is 0 Å². The molecule has 0 aliphatic rings. The molecule has 0 spiro atoms. The van der Waals surface area contributed by atoms with E-state index in [4.69, 9.17) is 0 Å². The van der Waals surface area contributed by atoms with Gasteiger partial charge >= 0.3 is 0 Å². The summed E-state index contributed by atoms with van der Waals surface area (Å²) in [6.07, 6.45) is 1.12. The number of carbonyl (C=O) groups excluding carboxylic acids is 2. The zero-order valence-corrected chi connectivity index (χ0v) is 24.7. The number of carbonyl (C=O) groups is 2. The molecule has 3 rings (SSSR count). The van der Waals surface area contributed by atoms with Gasteiger partial charge in [0.25, 0.3) is 5.69 Å². The van der Waals surface area contributed by atoms with Crippen molar-refractivity contribution < 1.29 is 22.9 Å². The van der Waals surface area contributed by atoms with E-state index in [0.717, 1.165) is 33.3 Å². The minimum atomic E-state index is -4.04. The lowest BCUT2D eigenvalue weighted by Crippen LogP contribution is -2.56. The van der Waals surface area contributed by atoms with Gasteiger partial charge in [0, 0.05) is 30.6 Å². The summed E-state index contributed by atoms with van der Waals surface area (Å²) in [5.74, 6) is -1.02. The highest BCUT2D eigenvalue weighted by molar-refractivity contribution is 7.92. The third-order valence-electron chi connectivity index (χ3n) is 6.21. The van der Waals surface area contributed by atoms with Gasteiger partial charge in [-0.3, -0.25) is 24.0 Å². The molecule has 0 bridgehead atoms. The fourth-order valence-electron chi connectivity index (χ4n) is 4.39. The van der Waals surface area contributed by atoms with Crippen molar-refractivity contribution in [1.82, 2.24) is 10.2 Å². The van der Waals surface area contributed by atoms with Gasteiger partial charge in [-0.25, -0.2) is 8.42 Å². The number of non-ortho nitro benzene ring substituents is 1. The van der Waals surface area contributed by atoms with Crippen LogP contribution in [0, 0.1) is 17.0 Å². The van der Waals surface area contributed by atoms with Gasteiger partial charge in [-0.05, 0) is 44.9 Å². The highest BCUT2D eigenvalue weighted by Gasteiger charge is 2.34. The van der Waals surface area contributed by atoms with Gasteiger partial charge in [0.2, 0.25) is 21.8 Å². The molecule has 3 aromatic rings. The Morgan fingerprint density at radius 1 is 0.951 bits per heavy atom. The van der Waals surface area contributed by atoms with E-state index in [2.05, 4.69) is 5.32 Å². The lowest BCUT2D eigenvalue weighted by Gasteiger charge is -2.35. The largest absolute Gasteiger partial charge is 0.350 e. The van der Waals surface area contributed by atoms with E-state index < -0.39 is 39.0 Å². The second-order valence-corrected chi connectivity index (χ2v) is 12.9. The number of rotatable bonds is 11. The summed E-state index contributed by atoms with van der Waals surface area (Å²) in [6, 6.07) is 20.9. The second kappa shape index (κ2) is 12.9. The summed E-state index contributed by atoms with van der Waals surface area (Å²) in [6.45, 7) is 6.82. The summed E-state index contributed by atoms with van der Waals surface area (Å²) in [5.41, 5.74) is 1.62. The molecule has 3 aromatic carbocycles. The maximum atomic E-state index is 14.1. The molecule has 0 radical (unpaired) electrons. The van der Waals surface area contributed by atoms with Crippen molar-refractivity contribution in [3.05, 3.63) is 106 Å². The third-order valence-corrected chi connectivity index (χ3v) is 7.35. The van der Waals surface area contributed by atoms with Gasteiger partial charge in [-0.2, -0.15) is 0 Å². The van der Waals surface area contributed by atoms with Gasteiger partial charge in [0.15, 0.2) is 0 Å². The number of nitro groups is 1. The van der Waals surface area contributed by atoms with Crippen LogP contribution in [0.25, 0.3) is 0 Å². The lowest BCUT2D eigenvalue weighted by molar-refractivity contribution is -0.384. The van der Waals surface area contributed by atoms with E-state index in [9.17, 15) is 28.1 Å². The topological polar surface area (TPSA) is 130 Å². The molecule has 11 heteroatoms. The number of anilines is 1. The Bertz CT molecular complexity index is 1500. The zero-order chi connectivity index (χ0) is 30.4. The van der Waals surface area contributed by atoms with E-state index in [1.807, 2.05) is 82.3 Å². The van der Waals surface area contributed by atoms with Gasteiger partial charge in [-0.15, -0.1) is 0 Å². The molecule has 0 heterocycles. The summed E-state index contributed by atoms with van der Waals surface area (Å²) in [7, 11) is -4.04. The van der Waals surface area contributed by atoms with E-state index in [0.29, 0.717) is 0 Å². The highest BCUT2D eigenvalue weighted by Crippen LogP contribution is 2.24. The van der Waals surface area contributed by atoms with Crippen LogP contribution >= 0.6 is 0 Å². The normalized spacial score (nSPS) is 12.3. The molecule has 10 nitrogen and oxygen atoms in total. The molecule has 0 saturated carbocycles. The minimum Gasteiger partial charge on any atom is -0.350 e. The maximum absolute atomic E-state index is 14.1. The first kappa shape index (κ1) is 31.3. The SMILES string of the molecule is Cc1cccc(CN(C(=O)CN(c2cccc([N+](=O)[O-])c2)S(C)(=O)=O)[C@@H](Cc2ccccc2)C(=O)NC(C)(C)C)c1. The molecular weight excluding hydrogens is 544 g/mol. The van der Waals surface area contributed by atoms with Crippen LogP contribution in [0.1, 0.15) is 37.5 Å². The molecule has 0 saturated heterocycles. The summed E-state index contributed by atoms with van der Waals surface area (Å²) in [5, 5.41) is 14.3. The van der Waals surface area contributed by atoms with Crippen molar-refractivity contribution >= 4 is 33.2 Å². The number of hydrogen-bond donors (Lipinski definition) is 1. The van der Waals surface area contributed by atoms with Crippen molar-refractivity contribution in [3.63, 3.8) is 0 Å². The first-order chi connectivity index (χ1) is 19.1. The average Bonchev–Trinajstić information content (AvgIpc) is 2.88. The molecule has 0 unspecified atom stereocenters. The standard InChI is InChI=1S/C30H36N4O6S/c1-22-11-9-14-24(17-22)20-32(27(29(36)31-30(2,3)4)18-23-12-7-6-8-13-23)28(35)21-33(41(5,39)40)25-15-10-16-26(19-25)34(37)38/h6-17,19,27H,18,20-21H2,1-5H3,(H,31,36)/t27-/m0/s1. The molecule has 1 N–H and O–H groups in total. The molecule has 0 aliphatic heterocycles. The first-order valence-corrected chi connectivity index (χ1v) is 14.9. The molecule has 218 valence electrons. The van der Waals surface area contributed by atoms with E-state index in [1.165, 1.54) is 23.1 Å². The smallest absolute Gasteiger partial charge is 0.271 e. The number of nitrogens with zero attached hydrogens (tertiary/aromatic N) is 3. The van der Waals surface area contributed by atoms with Crippen LogP contribution in [0.4, 0.5) is 11.4 Å². The minimum absolute atomic E-state index is 0.0238. The Kier molecular flexibility index (Phi) is 9.88. The van der Waals surface area contributed by atoms with Gasteiger partial charge < -0.3 is 10.2 Å². The van der Waals surface area contributed by atoms with Gasteiger partial charge in [0.05, 0.1) is 16.9 Å². The Morgan fingerprint density at radius 3 is 2.17 bits per heavy atom. The van der Waals surface area contributed by atoms with Gasteiger partial charge in [-0.1, -0.05) is 66.2 Å². The van der Waals surface area contributed by atoms with Crippen LogP contribution < -0.4 is 9.62 Å². The van der Waals surface area contributed by atoms with Crippen molar-refractivity contribution in [2.75, 3.05) is 17.1 Å². The van der Waals surface area contributed by atoms with E-state index in [-0.39, 0.29) is 30.2 Å². The van der Waals surface area contributed by atoms with Crippen molar-refractivity contribution in [3.8, 4) is 0 Å². The number of nitrogens with one attached hydrogen (secondary N) is 1. The fourth-order valence-corrected chi connectivity index (χ4v) is 5.23. The van der Waals surface area contributed by atoms with Crippen molar-refractivity contribution in [2.45, 2.75) is 52.2 Å². The van der Waals surface area contributed by atoms with Crippen LogP contribution in [-0.2, 0) is 32.6 Å². The van der Waals surface area contributed by atoms with Crippen LogP contribution in [0.3, 0.4) is 0 Å². The predicted molar refractivity (Wildman–Crippen MR) is 159 cm³/mol.